The Bertz CT molecular complexity index is 514. The van der Waals surface area contributed by atoms with Crippen molar-refractivity contribution in [3.63, 3.8) is 0 Å². The zero-order valence-corrected chi connectivity index (χ0v) is 12.6. The van der Waals surface area contributed by atoms with E-state index in [0.29, 0.717) is 13.2 Å². The van der Waals surface area contributed by atoms with Crippen LogP contribution in [0.5, 0.6) is 0 Å². The third-order valence-corrected chi connectivity index (χ3v) is 3.42. The Balaban J connectivity index is 2.05. The van der Waals surface area contributed by atoms with E-state index in [-0.39, 0.29) is 0 Å². The molecule has 0 aliphatic rings. The predicted molar refractivity (Wildman–Crippen MR) is 85.4 cm³/mol. The fraction of sp³-hybridized carbons (Fsp3) is 0.250. The van der Waals surface area contributed by atoms with Crippen LogP contribution in [-0.2, 0) is 9.68 Å². The lowest BCUT2D eigenvalue weighted by molar-refractivity contribution is -0.0817. The molecule has 2 rings (SSSR count). The van der Waals surface area contributed by atoms with Crippen LogP contribution in [0.25, 0.3) is 12.2 Å². The van der Waals surface area contributed by atoms with Gasteiger partial charge in [-0.25, -0.2) is 9.68 Å². The fourth-order valence-electron chi connectivity index (χ4n) is 1.69. The average molecular weight is 289 g/mol. The van der Waals surface area contributed by atoms with E-state index in [1.165, 1.54) is 10.1 Å². The van der Waals surface area contributed by atoms with Gasteiger partial charge in [-0.3, -0.25) is 0 Å². The lowest BCUT2D eigenvalue weighted by Gasteiger charge is -2.21. The number of anilines is 1. The molecule has 3 nitrogen and oxygen atoms in total. The van der Waals surface area contributed by atoms with Crippen molar-refractivity contribution in [2.24, 2.45) is 0 Å². The van der Waals surface area contributed by atoms with Gasteiger partial charge in [-0.2, -0.15) is 0 Å². The van der Waals surface area contributed by atoms with Gasteiger partial charge in [-0.15, -0.1) is 16.6 Å². The van der Waals surface area contributed by atoms with Gasteiger partial charge in [0.25, 0.3) is 0 Å². The van der Waals surface area contributed by atoms with Crippen molar-refractivity contribution in [1.82, 2.24) is 0 Å². The van der Waals surface area contributed by atoms with Crippen LogP contribution in [0.2, 0.25) is 0 Å². The minimum absolute atomic E-state index is 0.569. The molecule has 0 aliphatic carbocycles. The van der Waals surface area contributed by atoms with Crippen LogP contribution < -0.4 is 5.23 Å². The maximum absolute atomic E-state index is 5.42. The average Bonchev–Trinajstić information content (AvgIpc) is 2.99. The SMILES string of the molecule is CCON(OCC)c1ccc(C=Cc2cccs2)cc1. The Labute approximate surface area is 124 Å². The second kappa shape index (κ2) is 7.85. The zero-order valence-electron chi connectivity index (χ0n) is 11.8. The van der Waals surface area contributed by atoms with Gasteiger partial charge < -0.3 is 0 Å². The van der Waals surface area contributed by atoms with E-state index >= 15 is 0 Å². The minimum atomic E-state index is 0.569. The van der Waals surface area contributed by atoms with Gasteiger partial charge in [0, 0.05) is 4.88 Å². The largest absolute Gasteiger partial charge is 0.249 e. The van der Waals surface area contributed by atoms with Crippen molar-refractivity contribution in [2.75, 3.05) is 18.4 Å². The first-order valence-electron chi connectivity index (χ1n) is 6.71. The molecule has 0 saturated carbocycles. The van der Waals surface area contributed by atoms with Gasteiger partial charge in [0.05, 0.1) is 18.9 Å². The quantitative estimate of drug-likeness (QED) is 0.694. The van der Waals surface area contributed by atoms with Crippen LogP contribution >= 0.6 is 11.3 Å². The summed E-state index contributed by atoms with van der Waals surface area (Å²) in [4.78, 5) is 12.1. The van der Waals surface area contributed by atoms with Crippen LogP contribution in [0, 0.1) is 0 Å². The van der Waals surface area contributed by atoms with E-state index in [9.17, 15) is 0 Å². The Hall–Kier alpha value is -1.62. The first-order chi connectivity index (χ1) is 9.83. The van der Waals surface area contributed by atoms with Crippen molar-refractivity contribution >= 4 is 29.2 Å². The summed E-state index contributed by atoms with van der Waals surface area (Å²) in [6, 6.07) is 12.2. The van der Waals surface area contributed by atoms with E-state index in [1.54, 1.807) is 11.3 Å². The molecule has 0 amide bonds. The molecule has 0 spiro atoms. The van der Waals surface area contributed by atoms with Gasteiger partial charge in [0.15, 0.2) is 0 Å². The number of hydrogen-bond acceptors (Lipinski definition) is 4. The molecule has 20 heavy (non-hydrogen) atoms. The van der Waals surface area contributed by atoms with Gasteiger partial charge in [0.1, 0.15) is 0 Å². The molecule has 1 aromatic heterocycles. The highest BCUT2D eigenvalue weighted by Gasteiger charge is 2.05. The maximum Gasteiger partial charge on any atom is 0.0947 e. The van der Waals surface area contributed by atoms with Crippen molar-refractivity contribution in [1.29, 1.82) is 0 Å². The molecule has 0 atom stereocenters. The maximum atomic E-state index is 5.42. The molecule has 0 bridgehead atoms. The molecule has 1 heterocycles. The van der Waals surface area contributed by atoms with E-state index in [0.717, 1.165) is 11.3 Å². The van der Waals surface area contributed by atoms with E-state index < -0.39 is 0 Å². The summed E-state index contributed by atoms with van der Waals surface area (Å²) in [5.74, 6) is 0. The minimum Gasteiger partial charge on any atom is -0.249 e. The predicted octanol–water partition coefficient (Wildman–Crippen LogP) is 4.63. The van der Waals surface area contributed by atoms with Crippen LogP contribution in [-0.4, -0.2) is 13.2 Å². The molecule has 0 N–H and O–H groups in total. The summed E-state index contributed by atoms with van der Waals surface area (Å²) >= 11 is 1.73. The smallest absolute Gasteiger partial charge is 0.0947 e. The highest BCUT2D eigenvalue weighted by atomic mass is 32.1. The first kappa shape index (κ1) is 14.8. The van der Waals surface area contributed by atoms with Crippen molar-refractivity contribution in [3.8, 4) is 0 Å². The van der Waals surface area contributed by atoms with Gasteiger partial charge in [-0.1, -0.05) is 24.3 Å². The Kier molecular flexibility index (Phi) is 5.80. The molecule has 2 aromatic rings. The lowest BCUT2D eigenvalue weighted by Crippen LogP contribution is -2.23. The molecular formula is C16H19NO2S. The zero-order chi connectivity index (χ0) is 14.2. The van der Waals surface area contributed by atoms with Crippen LogP contribution in [0.15, 0.2) is 41.8 Å². The fourth-order valence-corrected chi connectivity index (χ4v) is 2.31. The van der Waals surface area contributed by atoms with Crippen LogP contribution in [0.4, 0.5) is 5.69 Å². The second-order valence-corrected chi connectivity index (χ2v) is 5.01. The van der Waals surface area contributed by atoms with E-state index in [4.69, 9.17) is 9.68 Å². The number of rotatable bonds is 7. The molecule has 0 aliphatic heterocycles. The Morgan fingerprint density at radius 1 is 1.00 bits per heavy atom. The van der Waals surface area contributed by atoms with E-state index in [2.05, 4.69) is 29.7 Å². The summed E-state index contributed by atoms with van der Waals surface area (Å²) in [5.41, 5.74) is 2.04. The standard InChI is InChI=1S/C16H19NO2S/c1-3-18-17(19-4-2)15-10-7-14(8-11-15)9-12-16-6-5-13-20-16/h5-13H,3-4H2,1-2H3. The molecule has 0 saturated heterocycles. The molecule has 0 fully saturated rings. The highest BCUT2D eigenvalue weighted by Crippen LogP contribution is 2.18. The summed E-state index contributed by atoms with van der Waals surface area (Å²) in [5, 5.41) is 3.54. The number of thiophene rings is 1. The van der Waals surface area contributed by atoms with Gasteiger partial charge in [-0.05, 0) is 49.1 Å². The summed E-state index contributed by atoms with van der Waals surface area (Å²) in [7, 11) is 0. The summed E-state index contributed by atoms with van der Waals surface area (Å²) < 4.78 is 0. The van der Waals surface area contributed by atoms with Crippen LogP contribution in [0.1, 0.15) is 24.3 Å². The molecule has 1 aromatic carbocycles. The summed E-state index contributed by atoms with van der Waals surface area (Å²) in [6.07, 6.45) is 4.21. The first-order valence-corrected chi connectivity index (χ1v) is 7.59. The monoisotopic (exact) mass is 289 g/mol. The number of nitrogens with zero attached hydrogens (tertiary/aromatic N) is 1. The molecule has 0 unspecified atom stereocenters. The number of hydrogen-bond donors (Lipinski definition) is 0. The lowest BCUT2D eigenvalue weighted by atomic mass is 10.2. The normalized spacial score (nSPS) is 11.1. The molecule has 4 heteroatoms. The molecule has 0 radical (unpaired) electrons. The molecular weight excluding hydrogens is 270 g/mol. The van der Waals surface area contributed by atoms with Crippen molar-refractivity contribution < 1.29 is 9.68 Å². The van der Waals surface area contributed by atoms with E-state index in [1.807, 2.05) is 38.1 Å². The summed E-state index contributed by atoms with van der Waals surface area (Å²) in [6.45, 7) is 5.01. The third-order valence-electron chi connectivity index (χ3n) is 2.58. The topological polar surface area (TPSA) is 21.7 Å². The van der Waals surface area contributed by atoms with Gasteiger partial charge >= 0.3 is 0 Å². The molecule has 106 valence electrons. The Morgan fingerprint density at radius 2 is 1.70 bits per heavy atom. The van der Waals surface area contributed by atoms with Crippen molar-refractivity contribution in [2.45, 2.75) is 13.8 Å². The van der Waals surface area contributed by atoms with Crippen LogP contribution in [0.3, 0.4) is 0 Å². The van der Waals surface area contributed by atoms with Crippen molar-refractivity contribution in [3.05, 3.63) is 52.2 Å². The third kappa shape index (κ3) is 4.20. The van der Waals surface area contributed by atoms with Gasteiger partial charge in [0.2, 0.25) is 0 Å². The Morgan fingerprint density at radius 3 is 2.25 bits per heavy atom. The highest BCUT2D eigenvalue weighted by molar-refractivity contribution is 7.10. The number of benzene rings is 1. The second-order valence-electron chi connectivity index (χ2n) is 4.03.